The Bertz CT molecular complexity index is 538. The zero-order valence-corrected chi connectivity index (χ0v) is 13.7. The Labute approximate surface area is 140 Å². The van der Waals surface area contributed by atoms with Crippen LogP contribution in [0.25, 0.3) is 0 Å². The minimum absolute atomic E-state index is 0.149. The number of nitrogens with zero attached hydrogens (tertiary/aromatic N) is 2. The Kier molecular flexibility index (Phi) is 5.76. The number of carboxylic acids is 1. The Morgan fingerprint density at radius 2 is 1.71 bits per heavy atom. The van der Waals surface area contributed by atoms with E-state index in [-0.39, 0.29) is 18.4 Å². The zero-order chi connectivity index (χ0) is 17.9. The van der Waals surface area contributed by atoms with E-state index in [0.717, 1.165) is 6.42 Å². The molecule has 2 saturated heterocycles. The first-order valence-corrected chi connectivity index (χ1v) is 8.20. The first-order valence-electron chi connectivity index (χ1n) is 8.20. The number of hydrogen-bond donors (Lipinski definition) is 3. The summed E-state index contributed by atoms with van der Waals surface area (Å²) < 4.78 is 0. The van der Waals surface area contributed by atoms with Crippen LogP contribution in [0, 0.1) is 0 Å². The summed E-state index contributed by atoms with van der Waals surface area (Å²) >= 11 is 0. The predicted molar refractivity (Wildman–Crippen MR) is 83.8 cm³/mol. The molecule has 0 aliphatic carbocycles. The van der Waals surface area contributed by atoms with Crippen molar-refractivity contribution >= 4 is 23.7 Å². The van der Waals surface area contributed by atoms with Crippen LogP contribution >= 0.6 is 0 Å². The summed E-state index contributed by atoms with van der Waals surface area (Å²) in [7, 11) is 0. The van der Waals surface area contributed by atoms with Crippen LogP contribution in [0.4, 0.5) is 0 Å². The van der Waals surface area contributed by atoms with E-state index in [1.165, 1.54) is 16.7 Å². The average molecular weight is 340 g/mol. The third-order valence-corrected chi connectivity index (χ3v) is 4.60. The number of carbonyl (C=O) groups excluding carboxylic acids is 3. The molecule has 2 fully saturated rings. The van der Waals surface area contributed by atoms with Crippen LogP contribution in [-0.2, 0) is 19.2 Å². The first kappa shape index (κ1) is 18.2. The molecule has 9 heteroatoms. The number of amides is 3. The molecular weight excluding hydrogens is 316 g/mol. The average Bonchev–Trinajstić information content (AvgIpc) is 3.22. The molecule has 0 aromatic heterocycles. The molecule has 3 atom stereocenters. The Morgan fingerprint density at radius 1 is 1.12 bits per heavy atom. The summed E-state index contributed by atoms with van der Waals surface area (Å²) in [4.78, 5) is 50.8. The van der Waals surface area contributed by atoms with Gasteiger partial charge in [-0.25, -0.2) is 0 Å². The van der Waals surface area contributed by atoms with E-state index in [1.54, 1.807) is 0 Å². The highest BCUT2D eigenvalue weighted by Gasteiger charge is 2.42. The topological polar surface area (TPSA) is 133 Å². The number of rotatable bonds is 5. The van der Waals surface area contributed by atoms with Gasteiger partial charge in [0.1, 0.15) is 18.1 Å². The van der Waals surface area contributed by atoms with Gasteiger partial charge in [0.05, 0.1) is 6.54 Å². The molecule has 0 radical (unpaired) electrons. The number of hydrogen-bond acceptors (Lipinski definition) is 5. The SMILES string of the molecule is CC(NC(=O)C1CCCN1C(=O)C1CCCN1C(=O)CN)C(=O)O. The van der Waals surface area contributed by atoms with Crippen molar-refractivity contribution in [3.05, 3.63) is 0 Å². The van der Waals surface area contributed by atoms with Gasteiger partial charge in [-0.3, -0.25) is 19.2 Å². The van der Waals surface area contributed by atoms with E-state index in [1.807, 2.05) is 0 Å². The summed E-state index contributed by atoms with van der Waals surface area (Å²) in [5.74, 6) is -2.12. The fourth-order valence-corrected chi connectivity index (χ4v) is 3.31. The van der Waals surface area contributed by atoms with Gasteiger partial charge in [-0.05, 0) is 32.6 Å². The lowest BCUT2D eigenvalue weighted by molar-refractivity contribution is -0.147. The van der Waals surface area contributed by atoms with Gasteiger partial charge in [0.25, 0.3) is 0 Å². The highest BCUT2D eigenvalue weighted by atomic mass is 16.4. The number of aliphatic carboxylic acids is 1. The van der Waals surface area contributed by atoms with Crippen molar-refractivity contribution in [2.45, 2.75) is 50.7 Å². The Balaban J connectivity index is 2.06. The lowest BCUT2D eigenvalue weighted by Gasteiger charge is -2.31. The van der Waals surface area contributed by atoms with Crippen molar-refractivity contribution in [1.82, 2.24) is 15.1 Å². The summed E-state index contributed by atoms with van der Waals surface area (Å²) in [6, 6.07) is -2.28. The maximum Gasteiger partial charge on any atom is 0.325 e. The third-order valence-electron chi connectivity index (χ3n) is 4.60. The summed E-state index contributed by atoms with van der Waals surface area (Å²) in [6.07, 6.45) is 2.44. The molecule has 134 valence electrons. The van der Waals surface area contributed by atoms with Gasteiger partial charge in [-0.1, -0.05) is 0 Å². The van der Waals surface area contributed by atoms with Crippen LogP contribution in [0.1, 0.15) is 32.6 Å². The van der Waals surface area contributed by atoms with Gasteiger partial charge in [-0.2, -0.15) is 0 Å². The zero-order valence-electron chi connectivity index (χ0n) is 13.7. The number of nitrogens with two attached hydrogens (primary N) is 1. The van der Waals surface area contributed by atoms with Gasteiger partial charge < -0.3 is 26.0 Å². The van der Waals surface area contributed by atoms with Crippen LogP contribution < -0.4 is 11.1 Å². The number of carbonyl (C=O) groups is 4. The largest absolute Gasteiger partial charge is 0.480 e. The number of likely N-dealkylation sites (tertiary alicyclic amines) is 2. The molecule has 2 aliphatic heterocycles. The van der Waals surface area contributed by atoms with Crippen LogP contribution in [0.5, 0.6) is 0 Å². The van der Waals surface area contributed by atoms with E-state index >= 15 is 0 Å². The highest BCUT2D eigenvalue weighted by molar-refractivity contribution is 5.94. The second kappa shape index (κ2) is 7.61. The van der Waals surface area contributed by atoms with Gasteiger partial charge in [0.2, 0.25) is 17.7 Å². The second-order valence-corrected chi connectivity index (χ2v) is 6.21. The van der Waals surface area contributed by atoms with E-state index in [4.69, 9.17) is 10.8 Å². The molecule has 3 amide bonds. The van der Waals surface area contributed by atoms with Crippen molar-refractivity contribution in [2.24, 2.45) is 5.73 Å². The summed E-state index contributed by atoms with van der Waals surface area (Å²) in [6.45, 7) is 2.15. The van der Waals surface area contributed by atoms with Crippen LogP contribution in [-0.4, -0.2) is 76.4 Å². The van der Waals surface area contributed by atoms with Crippen molar-refractivity contribution in [3.8, 4) is 0 Å². The van der Waals surface area contributed by atoms with Gasteiger partial charge in [0.15, 0.2) is 0 Å². The van der Waals surface area contributed by atoms with E-state index < -0.39 is 30.0 Å². The fraction of sp³-hybridized carbons (Fsp3) is 0.733. The molecule has 0 aromatic rings. The fourth-order valence-electron chi connectivity index (χ4n) is 3.31. The molecule has 0 bridgehead atoms. The maximum atomic E-state index is 12.8. The van der Waals surface area contributed by atoms with Crippen LogP contribution in [0.2, 0.25) is 0 Å². The van der Waals surface area contributed by atoms with E-state index in [0.29, 0.717) is 32.4 Å². The predicted octanol–water partition coefficient (Wildman–Crippen LogP) is -1.48. The molecule has 2 rings (SSSR count). The molecule has 9 nitrogen and oxygen atoms in total. The monoisotopic (exact) mass is 340 g/mol. The molecule has 2 heterocycles. The van der Waals surface area contributed by atoms with E-state index in [2.05, 4.69) is 5.32 Å². The number of nitrogens with one attached hydrogen (secondary N) is 1. The van der Waals surface area contributed by atoms with E-state index in [9.17, 15) is 19.2 Å². The minimum atomic E-state index is -1.13. The van der Waals surface area contributed by atoms with Crippen molar-refractivity contribution < 1.29 is 24.3 Å². The molecule has 2 aliphatic rings. The lowest BCUT2D eigenvalue weighted by atomic mass is 10.1. The number of carboxylic acid groups (broad SMARTS) is 1. The van der Waals surface area contributed by atoms with Crippen LogP contribution in [0.3, 0.4) is 0 Å². The quantitative estimate of drug-likeness (QED) is 0.559. The first-order chi connectivity index (χ1) is 11.4. The Morgan fingerprint density at radius 3 is 2.29 bits per heavy atom. The maximum absolute atomic E-state index is 12.8. The molecule has 0 saturated carbocycles. The molecule has 4 N–H and O–H groups in total. The highest BCUT2D eigenvalue weighted by Crippen LogP contribution is 2.25. The van der Waals surface area contributed by atoms with Gasteiger partial charge in [0, 0.05) is 13.1 Å². The summed E-state index contributed by atoms with van der Waals surface area (Å²) in [5, 5.41) is 11.3. The molecular formula is C15H24N4O5. The minimum Gasteiger partial charge on any atom is -0.480 e. The third kappa shape index (κ3) is 3.66. The smallest absolute Gasteiger partial charge is 0.325 e. The summed E-state index contributed by atoms with van der Waals surface area (Å²) in [5.41, 5.74) is 5.39. The van der Waals surface area contributed by atoms with Gasteiger partial charge in [-0.15, -0.1) is 0 Å². The van der Waals surface area contributed by atoms with Crippen molar-refractivity contribution in [3.63, 3.8) is 0 Å². The van der Waals surface area contributed by atoms with Crippen molar-refractivity contribution in [2.75, 3.05) is 19.6 Å². The second-order valence-electron chi connectivity index (χ2n) is 6.21. The standard InChI is InChI=1S/C15H24N4O5/c1-9(15(23)24)17-13(21)10-4-2-7-19(10)14(22)11-5-3-6-18(11)12(20)8-16/h9-11H,2-8,16H2,1H3,(H,17,21)(H,23,24). The van der Waals surface area contributed by atoms with Crippen LogP contribution in [0.15, 0.2) is 0 Å². The normalized spacial score (nSPS) is 24.8. The molecule has 24 heavy (non-hydrogen) atoms. The lowest BCUT2D eigenvalue weighted by Crippen LogP contribution is -2.54. The Hall–Kier alpha value is -2.16. The molecule has 0 aromatic carbocycles. The molecule has 3 unspecified atom stereocenters. The van der Waals surface area contributed by atoms with Gasteiger partial charge >= 0.3 is 5.97 Å². The molecule has 0 spiro atoms. The van der Waals surface area contributed by atoms with Crippen molar-refractivity contribution in [1.29, 1.82) is 0 Å².